The van der Waals surface area contributed by atoms with E-state index in [4.69, 9.17) is 10.6 Å². The Balaban J connectivity index is 3.09. The topological polar surface area (TPSA) is 44.5 Å². The molecule has 0 saturated carbocycles. The second kappa shape index (κ2) is 6.23. The van der Waals surface area contributed by atoms with Crippen molar-refractivity contribution in [2.75, 3.05) is 13.7 Å². The van der Waals surface area contributed by atoms with Crippen molar-refractivity contribution in [3.05, 3.63) is 27.7 Å². The number of halogens is 1. The van der Waals surface area contributed by atoms with E-state index >= 15 is 0 Å². The van der Waals surface area contributed by atoms with E-state index in [-0.39, 0.29) is 0 Å². The van der Waals surface area contributed by atoms with Crippen LogP contribution in [0.1, 0.15) is 30.9 Å². The zero-order valence-corrected chi connectivity index (χ0v) is 11.5. The average molecular weight is 288 g/mol. The molecule has 16 heavy (non-hydrogen) atoms. The van der Waals surface area contributed by atoms with Crippen molar-refractivity contribution in [2.24, 2.45) is 5.90 Å². The van der Waals surface area contributed by atoms with Crippen LogP contribution in [0.5, 0.6) is 5.75 Å². The summed E-state index contributed by atoms with van der Waals surface area (Å²) < 4.78 is 6.34. The van der Waals surface area contributed by atoms with Gasteiger partial charge in [-0.05, 0) is 39.0 Å². The zero-order chi connectivity index (χ0) is 12.1. The molecule has 0 aliphatic heterocycles. The minimum Gasteiger partial charge on any atom is -0.495 e. The summed E-state index contributed by atoms with van der Waals surface area (Å²) in [5, 5.41) is 0. The minimum atomic E-state index is 0.486. The van der Waals surface area contributed by atoms with Crippen LogP contribution in [0.25, 0.3) is 0 Å². The van der Waals surface area contributed by atoms with Crippen LogP contribution in [0.3, 0.4) is 0 Å². The highest BCUT2D eigenvalue weighted by Crippen LogP contribution is 2.33. The van der Waals surface area contributed by atoms with Crippen molar-refractivity contribution in [3.8, 4) is 5.75 Å². The molecular formula is C12H18BrNO2. The first-order valence-electron chi connectivity index (χ1n) is 5.28. The summed E-state index contributed by atoms with van der Waals surface area (Å²) in [6.45, 7) is 4.82. The van der Waals surface area contributed by atoms with E-state index in [1.54, 1.807) is 7.11 Å². The molecule has 0 aliphatic rings. The van der Waals surface area contributed by atoms with E-state index in [0.29, 0.717) is 12.5 Å². The number of hydrogen-bond acceptors (Lipinski definition) is 3. The van der Waals surface area contributed by atoms with Crippen molar-refractivity contribution in [3.63, 3.8) is 0 Å². The van der Waals surface area contributed by atoms with Gasteiger partial charge in [-0.15, -0.1) is 0 Å². The molecule has 0 atom stereocenters. The Morgan fingerprint density at radius 3 is 2.56 bits per heavy atom. The summed E-state index contributed by atoms with van der Waals surface area (Å²) in [7, 11) is 1.67. The van der Waals surface area contributed by atoms with Gasteiger partial charge in [-0.1, -0.05) is 19.9 Å². The van der Waals surface area contributed by atoms with Gasteiger partial charge < -0.3 is 9.57 Å². The Hall–Kier alpha value is -0.580. The van der Waals surface area contributed by atoms with Crippen LogP contribution < -0.4 is 10.6 Å². The van der Waals surface area contributed by atoms with E-state index < -0.39 is 0 Å². The van der Waals surface area contributed by atoms with Crippen LogP contribution in [0.4, 0.5) is 0 Å². The van der Waals surface area contributed by atoms with Crippen LogP contribution in [0, 0.1) is 0 Å². The molecule has 0 unspecified atom stereocenters. The molecule has 4 heteroatoms. The highest BCUT2D eigenvalue weighted by atomic mass is 79.9. The summed E-state index contributed by atoms with van der Waals surface area (Å²) in [5.74, 6) is 6.40. The average Bonchev–Trinajstić information content (AvgIpc) is 2.25. The molecule has 2 N–H and O–H groups in total. The lowest BCUT2D eigenvalue weighted by Gasteiger charge is -2.14. The number of benzene rings is 1. The highest BCUT2D eigenvalue weighted by Gasteiger charge is 2.11. The molecule has 0 amide bonds. The van der Waals surface area contributed by atoms with Gasteiger partial charge in [0.25, 0.3) is 0 Å². The quantitative estimate of drug-likeness (QED) is 0.847. The van der Waals surface area contributed by atoms with Gasteiger partial charge in [0, 0.05) is 6.42 Å². The minimum absolute atomic E-state index is 0.486. The van der Waals surface area contributed by atoms with Gasteiger partial charge in [-0.3, -0.25) is 0 Å². The van der Waals surface area contributed by atoms with E-state index in [2.05, 4.69) is 46.7 Å². The lowest BCUT2D eigenvalue weighted by atomic mass is 9.99. The van der Waals surface area contributed by atoms with Crippen LogP contribution in [-0.4, -0.2) is 13.7 Å². The maximum absolute atomic E-state index is 5.36. The molecule has 0 aliphatic carbocycles. The Morgan fingerprint density at radius 1 is 1.38 bits per heavy atom. The normalized spacial score (nSPS) is 10.9. The summed E-state index contributed by atoms with van der Waals surface area (Å²) in [6.07, 6.45) is 0.749. The summed E-state index contributed by atoms with van der Waals surface area (Å²) in [4.78, 5) is 4.61. The number of nitrogens with two attached hydrogens (primary N) is 1. The van der Waals surface area contributed by atoms with E-state index in [9.17, 15) is 0 Å². The molecule has 1 rings (SSSR count). The van der Waals surface area contributed by atoms with Crippen molar-refractivity contribution < 1.29 is 9.57 Å². The van der Waals surface area contributed by atoms with Gasteiger partial charge in [0.15, 0.2) is 0 Å². The van der Waals surface area contributed by atoms with Crippen LogP contribution in [0.15, 0.2) is 16.6 Å². The molecule has 90 valence electrons. The molecule has 0 heterocycles. The van der Waals surface area contributed by atoms with Crippen LogP contribution in [-0.2, 0) is 11.3 Å². The molecule has 0 radical (unpaired) electrons. The number of methoxy groups -OCH3 is 1. The summed E-state index contributed by atoms with van der Waals surface area (Å²) in [6, 6.07) is 4.24. The van der Waals surface area contributed by atoms with Crippen molar-refractivity contribution >= 4 is 15.9 Å². The second-order valence-corrected chi connectivity index (χ2v) is 4.82. The van der Waals surface area contributed by atoms with Gasteiger partial charge in [-0.2, -0.15) is 0 Å². The lowest BCUT2D eigenvalue weighted by molar-refractivity contribution is 0.140. The first kappa shape index (κ1) is 13.5. The Bertz CT molecular complexity index is 353. The lowest BCUT2D eigenvalue weighted by Crippen LogP contribution is -2.06. The molecule has 0 bridgehead atoms. The fourth-order valence-corrected chi connectivity index (χ4v) is 2.27. The van der Waals surface area contributed by atoms with Gasteiger partial charge >= 0.3 is 0 Å². The molecule has 0 saturated heterocycles. The number of rotatable bonds is 5. The molecular weight excluding hydrogens is 270 g/mol. The highest BCUT2D eigenvalue weighted by molar-refractivity contribution is 9.10. The van der Waals surface area contributed by atoms with Crippen LogP contribution in [0.2, 0.25) is 0 Å². The number of hydrogen-bond donors (Lipinski definition) is 1. The molecule has 3 nitrogen and oxygen atoms in total. The van der Waals surface area contributed by atoms with E-state index in [1.807, 2.05) is 0 Å². The Labute approximate surface area is 105 Å². The second-order valence-electron chi connectivity index (χ2n) is 3.97. The number of ether oxygens (including phenoxy) is 1. The zero-order valence-electron chi connectivity index (χ0n) is 9.92. The largest absolute Gasteiger partial charge is 0.495 e. The monoisotopic (exact) mass is 287 g/mol. The fraction of sp³-hybridized carbons (Fsp3) is 0.500. The first-order valence-corrected chi connectivity index (χ1v) is 6.07. The van der Waals surface area contributed by atoms with E-state index in [1.165, 1.54) is 5.56 Å². The Morgan fingerprint density at radius 2 is 2.06 bits per heavy atom. The van der Waals surface area contributed by atoms with Gasteiger partial charge in [-0.25, -0.2) is 5.90 Å². The fourth-order valence-electron chi connectivity index (χ4n) is 1.59. The predicted molar refractivity (Wildman–Crippen MR) is 68.6 cm³/mol. The SMILES string of the molecule is COc1c(Br)cc(C(C)C)cc1CCON. The van der Waals surface area contributed by atoms with Crippen molar-refractivity contribution in [1.29, 1.82) is 0 Å². The van der Waals surface area contributed by atoms with Crippen LogP contribution >= 0.6 is 15.9 Å². The van der Waals surface area contributed by atoms with Gasteiger partial charge in [0.05, 0.1) is 18.2 Å². The third kappa shape index (κ3) is 3.20. The smallest absolute Gasteiger partial charge is 0.136 e. The maximum Gasteiger partial charge on any atom is 0.136 e. The summed E-state index contributed by atoms with van der Waals surface area (Å²) in [5.41, 5.74) is 2.39. The predicted octanol–water partition coefficient (Wildman–Crippen LogP) is 3.01. The molecule has 1 aromatic carbocycles. The van der Waals surface area contributed by atoms with Gasteiger partial charge in [0.1, 0.15) is 5.75 Å². The molecule has 1 aromatic rings. The third-order valence-corrected chi connectivity index (χ3v) is 3.09. The third-order valence-electron chi connectivity index (χ3n) is 2.50. The van der Waals surface area contributed by atoms with Crippen molar-refractivity contribution in [1.82, 2.24) is 0 Å². The standard InChI is InChI=1S/C12H18BrNO2/c1-8(2)10-6-9(4-5-16-14)12(15-3)11(13)7-10/h6-8H,4-5,14H2,1-3H3. The van der Waals surface area contributed by atoms with Crippen molar-refractivity contribution in [2.45, 2.75) is 26.2 Å². The first-order chi connectivity index (χ1) is 7.60. The Kier molecular flexibility index (Phi) is 5.25. The molecule has 0 spiro atoms. The molecule has 0 fully saturated rings. The van der Waals surface area contributed by atoms with Gasteiger partial charge in [0.2, 0.25) is 0 Å². The summed E-state index contributed by atoms with van der Waals surface area (Å²) >= 11 is 3.52. The maximum atomic E-state index is 5.36. The molecule has 0 aromatic heterocycles. The van der Waals surface area contributed by atoms with E-state index in [0.717, 1.165) is 22.2 Å².